The molecule has 0 fully saturated rings. The van der Waals surface area contributed by atoms with E-state index in [0.717, 1.165) is 0 Å². The standard InChI is InChI=1S/C14H11ClN4O/c1-17-13-8-18-5-4-11(13)14(20)19-10-3-2-9(7-16)12(15)6-10/h2-6,8,17H,1H3,(H,19,20). The summed E-state index contributed by atoms with van der Waals surface area (Å²) in [6.45, 7) is 0. The zero-order valence-electron chi connectivity index (χ0n) is 10.6. The van der Waals surface area contributed by atoms with Gasteiger partial charge in [-0.2, -0.15) is 5.26 Å². The lowest BCUT2D eigenvalue weighted by Crippen LogP contribution is -2.14. The van der Waals surface area contributed by atoms with Crippen LogP contribution >= 0.6 is 11.6 Å². The lowest BCUT2D eigenvalue weighted by molar-refractivity contribution is 0.102. The van der Waals surface area contributed by atoms with Gasteiger partial charge < -0.3 is 10.6 Å². The highest BCUT2D eigenvalue weighted by Crippen LogP contribution is 2.21. The Bertz CT molecular complexity index is 694. The van der Waals surface area contributed by atoms with E-state index >= 15 is 0 Å². The molecule has 1 aromatic heterocycles. The molecular weight excluding hydrogens is 276 g/mol. The number of pyridine rings is 1. The van der Waals surface area contributed by atoms with Crippen molar-refractivity contribution in [3.05, 3.63) is 52.8 Å². The van der Waals surface area contributed by atoms with E-state index in [1.165, 1.54) is 6.07 Å². The van der Waals surface area contributed by atoms with E-state index in [-0.39, 0.29) is 5.91 Å². The highest BCUT2D eigenvalue weighted by atomic mass is 35.5. The number of halogens is 1. The number of nitriles is 1. The molecule has 0 aliphatic carbocycles. The van der Waals surface area contributed by atoms with E-state index < -0.39 is 0 Å². The maximum absolute atomic E-state index is 12.2. The molecule has 100 valence electrons. The largest absolute Gasteiger partial charge is 0.386 e. The first-order valence-corrected chi connectivity index (χ1v) is 6.16. The highest BCUT2D eigenvalue weighted by molar-refractivity contribution is 6.32. The van der Waals surface area contributed by atoms with Crippen LogP contribution in [0.1, 0.15) is 15.9 Å². The average Bonchev–Trinajstić information content (AvgIpc) is 2.47. The molecule has 0 spiro atoms. The van der Waals surface area contributed by atoms with Crippen molar-refractivity contribution in [3.63, 3.8) is 0 Å². The van der Waals surface area contributed by atoms with Gasteiger partial charge in [0.05, 0.1) is 28.0 Å². The third kappa shape index (κ3) is 2.87. The molecular formula is C14H11ClN4O. The minimum atomic E-state index is -0.280. The van der Waals surface area contributed by atoms with Gasteiger partial charge in [-0.15, -0.1) is 0 Å². The van der Waals surface area contributed by atoms with Gasteiger partial charge in [-0.25, -0.2) is 0 Å². The van der Waals surface area contributed by atoms with Crippen LogP contribution < -0.4 is 10.6 Å². The van der Waals surface area contributed by atoms with Crippen LogP contribution in [0.4, 0.5) is 11.4 Å². The Kier molecular flexibility index (Phi) is 4.18. The molecule has 5 nitrogen and oxygen atoms in total. The Hall–Kier alpha value is -2.58. The van der Waals surface area contributed by atoms with Crippen LogP contribution in [0.25, 0.3) is 0 Å². The molecule has 6 heteroatoms. The number of nitrogens with zero attached hydrogens (tertiary/aromatic N) is 2. The number of anilines is 2. The summed E-state index contributed by atoms with van der Waals surface area (Å²) in [6.07, 6.45) is 3.11. The van der Waals surface area contributed by atoms with E-state index in [1.54, 1.807) is 37.6 Å². The zero-order valence-corrected chi connectivity index (χ0v) is 11.4. The number of hydrogen-bond donors (Lipinski definition) is 2. The summed E-state index contributed by atoms with van der Waals surface area (Å²) in [5, 5.41) is 14.7. The number of nitrogens with one attached hydrogen (secondary N) is 2. The molecule has 2 aromatic rings. The fraction of sp³-hybridized carbons (Fsp3) is 0.0714. The summed E-state index contributed by atoms with van der Waals surface area (Å²) < 4.78 is 0. The quantitative estimate of drug-likeness (QED) is 0.909. The number of hydrogen-bond acceptors (Lipinski definition) is 4. The molecule has 2 N–H and O–H groups in total. The lowest BCUT2D eigenvalue weighted by atomic mass is 10.2. The van der Waals surface area contributed by atoms with Crippen LogP contribution in [0.15, 0.2) is 36.7 Å². The SMILES string of the molecule is CNc1cnccc1C(=O)Nc1ccc(C#N)c(Cl)c1. The van der Waals surface area contributed by atoms with E-state index in [1.807, 2.05) is 6.07 Å². The van der Waals surface area contributed by atoms with Gasteiger partial charge in [-0.1, -0.05) is 11.6 Å². The van der Waals surface area contributed by atoms with Gasteiger partial charge in [-0.05, 0) is 24.3 Å². The fourth-order valence-electron chi connectivity index (χ4n) is 1.67. The predicted octanol–water partition coefficient (Wildman–Crippen LogP) is 2.90. The van der Waals surface area contributed by atoms with Crippen LogP contribution in [-0.4, -0.2) is 17.9 Å². The maximum atomic E-state index is 12.2. The summed E-state index contributed by atoms with van der Waals surface area (Å²) in [4.78, 5) is 16.1. The monoisotopic (exact) mass is 286 g/mol. The number of carbonyl (C=O) groups excluding carboxylic acids is 1. The average molecular weight is 287 g/mol. The molecule has 1 aromatic carbocycles. The molecule has 0 bridgehead atoms. The number of rotatable bonds is 3. The van der Waals surface area contributed by atoms with E-state index in [4.69, 9.17) is 16.9 Å². The van der Waals surface area contributed by atoms with Crippen molar-refractivity contribution in [1.82, 2.24) is 4.98 Å². The minimum Gasteiger partial charge on any atom is -0.386 e. The van der Waals surface area contributed by atoms with Gasteiger partial charge in [0, 0.05) is 18.9 Å². The summed E-state index contributed by atoms with van der Waals surface area (Å²) in [5.74, 6) is -0.280. The summed E-state index contributed by atoms with van der Waals surface area (Å²) in [5.41, 5.74) is 2.00. The van der Waals surface area contributed by atoms with Crippen molar-refractivity contribution in [2.75, 3.05) is 17.7 Å². The second kappa shape index (κ2) is 6.04. The summed E-state index contributed by atoms with van der Waals surface area (Å²) >= 11 is 5.92. The normalized spacial score (nSPS) is 9.65. The Morgan fingerprint density at radius 1 is 1.40 bits per heavy atom. The van der Waals surface area contributed by atoms with Crippen molar-refractivity contribution in [1.29, 1.82) is 5.26 Å². The Balaban J connectivity index is 2.24. The van der Waals surface area contributed by atoms with Gasteiger partial charge in [0.25, 0.3) is 5.91 Å². The third-order valence-corrected chi connectivity index (χ3v) is 3.00. The second-order valence-electron chi connectivity index (χ2n) is 3.93. The molecule has 1 amide bonds. The maximum Gasteiger partial charge on any atom is 0.257 e. The molecule has 0 saturated heterocycles. The molecule has 0 aliphatic heterocycles. The van der Waals surface area contributed by atoms with Crippen molar-refractivity contribution in [2.45, 2.75) is 0 Å². The van der Waals surface area contributed by atoms with Gasteiger partial charge >= 0.3 is 0 Å². The van der Waals surface area contributed by atoms with Gasteiger partial charge in [0.15, 0.2) is 0 Å². The van der Waals surface area contributed by atoms with Crippen LogP contribution in [0, 0.1) is 11.3 Å². The molecule has 0 radical (unpaired) electrons. The second-order valence-corrected chi connectivity index (χ2v) is 4.34. The van der Waals surface area contributed by atoms with Crippen molar-refractivity contribution in [2.24, 2.45) is 0 Å². The van der Waals surface area contributed by atoms with Crippen LogP contribution in [0.3, 0.4) is 0 Å². The number of carbonyl (C=O) groups is 1. The van der Waals surface area contributed by atoms with Crippen molar-refractivity contribution < 1.29 is 4.79 Å². The first kappa shape index (κ1) is 13.8. The molecule has 0 atom stereocenters. The summed E-state index contributed by atoms with van der Waals surface area (Å²) in [6, 6.07) is 8.31. The minimum absolute atomic E-state index is 0.280. The number of amides is 1. The smallest absolute Gasteiger partial charge is 0.257 e. The first-order chi connectivity index (χ1) is 9.65. The predicted molar refractivity (Wildman–Crippen MR) is 77.9 cm³/mol. The molecule has 20 heavy (non-hydrogen) atoms. The van der Waals surface area contributed by atoms with E-state index in [9.17, 15) is 4.79 Å². The zero-order chi connectivity index (χ0) is 14.5. The van der Waals surface area contributed by atoms with E-state index in [2.05, 4.69) is 15.6 Å². The van der Waals surface area contributed by atoms with Crippen LogP contribution in [0.2, 0.25) is 5.02 Å². The molecule has 2 rings (SSSR count). The summed E-state index contributed by atoms with van der Waals surface area (Å²) in [7, 11) is 1.71. The van der Waals surface area contributed by atoms with E-state index in [0.29, 0.717) is 27.5 Å². The van der Waals surface area contributed by atoms with Crippen molar-refractivity contribution >= 4 is 28.9 Å². The third-order valence-electron chi connectivity index (χ3n) is 2.68. The molecule has 0 aliphatic rings. The molecule has 1 heterocycles. The van der Waals surface area contributed by atoms with Gasteiger partial charge in [0.1, 0.15) is 6.07 Å². The molecule has 0 unspecified atom stereocenters. The van der Waals surface area contributed by atoms with Crippen LogP contribution in [0.5, 0.6) is 0 Å². The highest BCUT2D eigenvalue weighted by Gasteiger charge is 2.11. The lowest BCUT2D eigenvalue weighted by Gasteiger charge is -2.09. The Morgan fingerprint density at radius 3 is 2.85 bits per heavy atom. The first-order valence-electron chi connectivity index (χ1n) is 5.78. The Morgan fingerprint density at radius 2 is 2.20 bits per heavy atom. The Labute approximate surface area is 121 Å². The number of benzene rings is 1. The van der Waals surface area contributed by atoms with Crippen LogP contribution in [-0.2, 0) is 0 Å². The van der Waals surface area contributed by atoms with Gasteiger partial charge in [-0.3, -0.25) is 9.78 Å². The fourth-order valence-corrected chi connectivity index (χ4v) is 1.90. The number of aromatic nitrogens is 1. The molecule has 0 saturated carbocycles. The topological polar surface area (TPSA) is 77.8 Å². The van der Waals surface area contributed by atoms with Gasteiger partial charge in [0.2, 0.25) is 0 Å². The van der Waals surface area contributed by atoms with Crippen molar-refractivity contribution in [3.8, 4) is 6.07 Å².